The van der Waals surface area contributed by atoms with E-state index in [1.54, 1.807) is 17.0 Å². The second kappa shape index (κ2) is 4.28. The molecule has 16 heavy (non-hydrogen) atoms. The van der Waals surface area contributed by atoms with Crippen LogP contribution in [0.2, 0.25) is 0 Å². The van der Waals surface area contributed by atoms with Crippen LogP contribution in [0.4, 0.5) is 11.4 Å². The number of hydrogen-bond donors (Lipinski definition) is 1. The zero-order valence-corrected chi connectivity index (χ0v) is 8.63. The number of benzene rings is 1. The van der Waals surface area contributed by atoms with Crippen molar-refractivity contribution in [3.8, 4) is 0 Å². The Morgan fingerprint density at radius 1 is 1.44 bits per heavy atom. The van der Waals surface area contributed by atoms with E-state index in [-0.39, 0.29) is 11.6 Å². The van der Waals surface area contributed by atoms with E-state index in [1.165, 1.54) is 12.1 Å². The topological polar surface area (TPSA) is 80.1 Å². The van der Waals surface area contributed by atoms with Gasteiger partial charge in [-0.05, 0) is 6.07 Å². The molecule has 1 fully saturated rings. The van der Waals surface area contributed by atoms with Crippen molar-refractivity contribution in [2.24, 2.45) is 0 Å². The van der Waals surface area contributed by atoms with Crippen LogP contribution >= 0.6 is 0 Å². The fourth-order valence-corrected chi connectivity index (χ4v) is 1.73. The lowest BCUT2D eigenvalue weighted by molar-refractivity contribution is -0.645. The second-order valence-corrected chi connectivity index (χ2v) is 3.60. The van der Waals surface area contributed by atoms with Crippen LogP contribution in [0.1, 0.15) is 0 Å². The van der Waals surface area contributed by atoms with E-state index >= 15 is 0 Å². The van der Waals surface area contributed by atoms with Crippen LogP contribution in [0.3, 0.4) is 0 Å². The summed E-state index contributed by atoms with van der Waals surface area (Å²) in [5.41, 5.74) is 0.618. The summed E-state index contributed by atoms with van der Waals surface area (Å²) in [5.74, 6) is -0.00764. The summed E-state index contributed by atoms with van der Waals surface area (Å²) in [6.07, 6.45) is 0. The number of carbonyl (C=O) groups is 1. The first-order valence-electron chi connectivity index (χ1n) is 5.05. The third kappa shape index (κ3) is 2.01. The number of nitrogens with zero attached hydrogens (tertiary/aromatic N) is 2. The highest BCUT2D eigenvalue weighted by atomic mass is 16.6. The van der Waals surface area contributed by atoms with Crippen LogP contribution in [-0.2, 0) is 4.79 Å². The molecule has 1 aromatic carbocycles. The molecule has 84 valence electrons. The molecule has 1 saturated heterocycles. The summed E-state index contributed by atoms with van der Waals surface area (Å²) < 4.78 is 0. The normalized spacial score (nSPS) is 16.2. The van der Waals surface area contributed by atoms with Crippen molar-refractivity contribution in [2.45, 2.75) is 0 Å². The molecule has 0 saturated carbocycles. The van der Waals surface area contributed by atoms with Gasteiger partial charge >= 0.3 is 0 Å². The molecule has 0 aromatic heterocycles. The Morgan fingerprint density at radius 3 is 2.94 bits per heavy atom. The van der Waals surface area contributed by atoms with Crippen LogP contribution in [0.5, 0.6) is 0 Å². The Bertz CT molecular complexity index is 433. The Morgan fingerprint density at radius 2 is 2.25 bits per heavy atom. The van der Waals surface area contributed by atoms with Gasteiger partial charge in [-0.15, -0.1) is 0 Å². The Kier molecular flexibility index (Phi) is 2.82. The number of amides is 1. The molecule has 0 spiro atoms. The maximum Gasteiger partial charge on any atom is 0.282 e. The average molecular weight is 222 g/mol. The average Bonchev–Trinajstić information content (AvgIpc) is 2.30. The predicted octanol–water partition coefficient (Wildman–Crippen LogP) is -0.495. The molecule has 0 bridgehead atoms. The molecular formula is C10H12N3O3+. The lowest BCUT2D eigenvalue weighted by Gasteiger charge is -2.24. The van der Waals surface area contributed by atoms with E-state index in [9.17, 15) is 14.9 Å². The third-order valence-corrected chi connectivity index (χ3v) is 2.53. The number of piperazine rings is 1. The number of nitro groups is 1. The van der Waals surface area contributed by atoms with E-state index in [0.29, 0.717) is 18.8 Å². The van der Waals surface area contributed by atoms with Gasteiger partial charge in [-0.3, -0.25) is 14.9 Å². The molecule has 1 aliphatic heterocycles. The minimum Gasteiger partial charge on any atom is -0.337 e. The van der Waals surface area contributed by atoms with Gasteiger partial charge in [-0.25, -0.2) is 0 Å². The van der Waals surface area contributed by atoms with Crippen LogP contribution in [0.15, 0.2) is 24.3 Å². The highest BCUT2D eigenvalue weighted by Gasteiger charge is 2.23. The number of hydrogen-bond acceptors (Lipinski definition) is 3. The fourth-order valence-electron chi connectivity index (χ4n) is 1.73. The highest BCUT2D eigenvalue weighted by molar-refractivity contribution is 5.94. The third-order valence-electron chi connectivity index (χ3n) is 2.53. The molecule has 6 nitrogen and oxygen atoms in total. The Labute approximate surface area is 92.0 Å². The molecule has 1 aromatic rings. The molecule has 0 atom stereocenters. The quantitative estimate of drug-likeness (QED) is 0.541. The van der Waals surface area contributed by atoms with Crippen molar-refractivity contribution in [3.63, 3.8) is 0 Å². The number of non-ortho nitro benzene ring substituents is 1. The van der Waals surface area contributed by atoms with Crippen molar-refractivity contribution in [1.82, 2.24) is 0 Å². The number of rotatable bonds is 2. The standard InChI is InChI=1S/C10H11N3O3/c14-10-7-11-4-5-12(10)8-2-1-3-9(6-8)13(15)16/h1-3,6,11H,4-5,7H2/p+1. The molecule has 0 radical (unpaired) electrons. The summed E-state index contributed by atoms with van der Waals surface area (Å²) in [5, 5.41) is 12.5. The van der Waals surface area contributed by atoms with Crippen molar-refractivity contribution in [1.29, 1.82) is 0 Å². The second-order valence-electron chi connectivity index (χ2n) is 3.60. The van der Waals surface area contributed by atoms with E-state index in [0.717, 1.165) is 6.54 Å². The lowest BCUT2D eigenvalue weighted by atomic mass is 10.2. The van der Waals surface area contributed by atoms with Gasteiger partial charge in [-0.2, -0.15) is 0 Å². The number of carbonyl (C=O) groups excluding carboxylic acids is 1. The summed E-state index contributed by atoms with van der Waals surface area (Å²) in [7, 11) is 0. The molecular weight excluding hydrogens is 210 g/mol. The summed E-state index contributed by atoms with van der Waals surface area (Å²) in [6, 6.07) is 6.17. The molecule has 1 heterocycles. The van der Waals surface area contributed by atoms with Crippen molar-refractivity contribution in [2.75, 3.05) is 24.5 Å². The SMILES string of the molecule is O=C1C[NH2+]CCN1c1cccc([N+](=O)[O-])c1. The number of anilines is 1. The van der Waals surface area contributed by atoms with Crippen molar-refractivity contribution in [3.05, 3.63) is 34.4 Å². The highest BCUT2D eigenvalue weighted by Crippen LogP contribution is 2.21. The van der Waals surface area contributed by atoms with Gasteiger partial charge in [-0.1, -0.05) is 6.07 Å². The molecule has 6 heteroatoms. The fraction of sp³-hybridized carbons (Fsp3) is 0.300. The Hall–Kier alpha value is -1.95. The molecule has 1 aliphatic rings. The maximum absolute atomic E-state index is 11.6. The lowest BCUT2D eigenvalue weighted by Crippen LogP contribution is -2.91. The first-order valence-corrected chi connectivity index (χ1v) is 5.05. The van der Waals surface area contributed by atoms with Gasteiger partial charge < -0.3 is 10.2 Å². The van der Waals surface area contributed by atoms with E-state index < -0.39 is 4.92 Å². The predicted molar refractivity (Wildman–Crippen MR) is 57.1 cm³/mol. The number of nitro benzene ring substituents is 1. The summed E-state index contributed by atoms with van der Waals surface area (Å²) in [6.45, 7) is 1.83. The smallest absolute Gasteiger partial charge is 0.282 e. The summed E-state index contributed by atoms with van der Waals surface area (Å²) >= 11 is 0. The zero-order valence-electron chi connectivity index (χ0n) is 8.63. The van der Waals surface area contributed by atoms with Crippen LogP contribution in [0, 0.1) is 10.1 Å². The van der Waals surface area contributed by atoms with E-state index in [1.807, 2.05) is 5.32 Å². The number of nitrogens with two attached hydrogens (primary N) is 1. The van der Waals surface area contributed by atoms with Gasteiger partial charge in [0.2, 0.25) is 0 Å². The Balaban J connectivity index is 2.28. The largest absolute Gasteiger partial charge is 0.337 e. The van der Waals surface area contributed by atoms with Gasteiger partial charge in [0, 0.05) is 12.1 Å². The van der Waals surface area contributed by atoms with Crippen molar-refractivity contribution < 1.29 is 15.0 Å². The molecule has 2 N–H and O–H groups in total. The van der Waals surface area contributed by atoms with Gasteiger partial charge in [0.1, 0.15) is 0 Å². The zero-order chi connectivity index (χ0) is 11.5. The van der Waals surface area contributed by atoms with Crippen molar-refractivity contribution >= 4 is 17.3 Å². The van der Waals surface area contributed by atoms with Crippen LogP contribution < -0.4 is 10.2 Å². The minimum atomic E-state index is -0.454. The van der Waals surface area contributed by atoms with Gasteiger partial charge in [0.15, 0.2) is 6.54 Å². The van der Waals surface area contributed by atoms with Crippen LogP contribution in [0.25, 0.3) is 0 Å². The molecule has 1 amide bonds. The van der Waals surface area contributed by atoms with E-state index in [2.05, 4.69) is 0 Å². The van der Waals surface area contributed by atoms with Crippen LogP contribution in [-0.4, -0.2) is 30.5 Å². The summed E-state index contributed by atoms with van der Waals surface area (Å²) in [4.78, 5) is 23.4. The number of quaternary nitrogens is 1. The molecule has 2 rings (SSSR count). The van der Waals surface area contributed by atoms with Gasteiger partial charge in [0.05, 0.1) is 23.7 Å². The molecule has 0 unspecified atom stereocenters. The monoisotopic (exact) mass is 222 g/mol. The minimum absolute atomic E-state index is 0.00764. The maximum atomic E-state index is 11.6. The van der Waals surface area contributed by atoms with E-state index in [4.69, 9.17) is 0 Å². The first kappa shape index (κ1) is 10.6. The van der Waals surface area contributed by atoms with Gasteiger partial charge in [0.25, 0.3) is 11.6 Å². The first-order chi connectivity index (χ1) is 7.68. The molecule has 0 aliphatic carbocycles.